The van der Waals surface area contributed by atoms with Crippen molar-refractivity contribution in [3.8, 4) is 0 Å². The zero-order chi connectivity index (χ0) is 20.1. The molecule has 0 radical (unpaired) electrons. The molecule has 6 nitrogen and oxygen atoms in total. The van der Waals surface area contributed by atoms with E-state index in [1.54, 1.807) is 11.8 Å². The molecule has 0 aliphatic carbocycles. The third-order valence-electron chi connectivity index (χ3n) is 5.75. The molecule has 29 heavy (non-hydrogen) atoms. The number of benzene rings is 1. The van der Waals surface area contributed by atoms with E-state index in [9.17, 15) is 4.79 Å². The van der Waals surface area contributed by atoms with Gasteiger partial charge in [0, 0.05) is 25.6 Å². The Morgan fingerprint density at radius 2 is 2.03 bits per heavy atom. The number of fused-ring (bicyclic) bond motifs is 1. The van der Waals surface area contributed by atoms with Crippen LogP contribution in [0.5, 0.6) is 0 Å². The number of nitrogens with zero attached hydrogens (tertiary/aromatic N) is 2. The number of imidazole rings is 1. The minimum absolute atomic E-state index is 0.0622. The number of hydrogen-bond acceptors (Lipinski definition) is 4. The van der Waals surface area contributed by atoms with E-state index in [0.717, 1.165) is 41.9 Å². The summed E-state index contributed by atoms with van der Waals surface area (Å²) in [6.45, 7) is 1.37. The maximum absolute atomic E-state index is 13.2. The normalized spacial score (nSPS) is 17.3. The highest BCUT2D eigenvalue weighted by atomic mass is 32.2. The van der Waals surface area contributed by atoms with Crippen LogP contribution in [0.3, 0.4) is 0 Å². The van der Waals surface area contributed by atoms with E-state index in [2.05, 4.69) is 33.5 Å². The Balaban J connectivity index is 1.52. The number of aromatic amines is 1. The number of amides is 1. The first-order chi connectivity index (χ1) is 14.2. The van der Waals surface area contributed by atoms with E-state index in [4.69, 9.17) is 9.72 Å². The number of thioether (sulfide) groups is 1. The van der Waals surface area contributed by atoms with Crippen LogP contribution in [0.4, 0.5) is 0 Å². The molecular formula is C22H28N4O2S. The maximum Gasteiger partial charge on any atom is 0.222 e. The Morgan fingerprint density at radius 1 is 1.28 bits per heavy atom. The quantitative estimate of drug-likeness (QED) is 0.589. The van der Waals surface area contributed by atoms with Crippen molar-refractivity contribution in [1.82, 2.24) is 19.9 Å². The molecule has 1 atom stereocenters. The molecule has 3 heterocycles. The van der Waals surface area contributed by atoms with E-state index in [0.29, 0.717) is 19.6 Å². The minimum Gasteiger partial charge on any atom is -0.381 e. The van der Waals surface area contributed by atoms with Gasteiger partial charge in [-0.05, 0) is 55.5 Å². The van der Waals surface area contributed by atoms with Crippen LogP contribution in [-0.4, -0.2) is 45.7 Å². The standard InChI is InChI=1S/C22H28N4O2S/c1-29-15-8-19(21-24-17-6-2-3-7-18(17)25-21)23-20(27)16-22(9-13-28-14-10-22)26-11-4-5-12-26/h2-7,11-12,19H,8-10,13-16H2,1H3,(H,23,27)(H,24,25). The predicted octanol–water partition coefficient (Wildman–Crippen LogP) is 3.87. The van der Waals surface area contributed by atoms with E-state index < -0.39 is 0 Å². The smallest absolute Gasteiger partial charge is 0.222 e. The number of rotatable bonds is 8. The second kappa shape index (κ2) is 9.05. The van der Waals surface area contributed by atoms with Gasteiger partial charge in [-0.3, -0.25) is 4.79 Å². The van der Waals surface area contributed by atoms with Gasteiger partial charge in [0.15, 0.2) is 0 Å². The number of hydrogen-bond donors (Lipinski definition) is 2. The third kappa shape index (κ3) is 4.51. The molecule has 2 N–H and O–H groups in total. The fourth-order valence-corrected chi connectivity index (χ4v) is 4.59. The number of carbonyl (C=O) groups excluding carboxylic acids is 1. The van der Waals surface area contributed by atoms with E-state index in [1.165, 1.54) is 0 Å². The van der Waals surface area contributed by atoms with Crippen LogP contribution in [0, 0.1) is 0 Å². The molecule has 0 spiro atoms. The first-order valence-electron chi connectivity index (χ1n) is 10.1. The van der Waals surface area contributed by atoms with Crippen molar-refractivity contribution in [2.75, 3.05) is 25.2 Å². The van der Waals surface area contributed by atoms with Crippen molar-refractivity contribution in [3.63, 3.8) is 0 Å². The first-order valence-corrected chi connectivity index (χ1v) is 11.5. The molecule has 1 aliphatic rings. The first kappa shape index (κ1) is 20.0. The zero-order valence-electron chi connectivity index (χ0n) is 16.8. The monoisotopic (exact) mass is 412 g/mol. The number of nitrogens with one attached hydrogen (secondary N) is 2. The Morgan fingerprint density at radius 3 is 2.76 bits per heavy atom. The van der Waals surface area contributed by atoms with Crippen molar-refractivity contribution >= 4 is 28.7 Å². The molecule has 0 bridgehead atoms. The Hall–Kier alpha value is -2.25. The number of carbonyl (C=O) groups is 1. The lowest BCUT2D eigenvalue weighted by atomic mass is 9.85. The van der Waals surface area contributed by atoms with Gasteiger partial charge in [-0.1, -0.05) is 12.1 Å². The van der Waals surface area contributed by atoms with Crippen molar-refractivity contribution in [3.05, 3.63) is 54.6 Å². The summed E-state index contributed by atoms with van der Waals surface area (Å²) in [5, 5.41) is 3.26. The third-order valence-corrected chi connectivity index (χ3v) is 6.39. The van der Waals surface area contributed by atoms with Gasteiger partial charge in [0.25, 0.3) is 0 Å². The molecular weight excluding hydrogens is 384 g/mol. The van der Waals surface area contributed by atoms with Gasteiger partial charge >= 0.3 is 0 Å². The molecule has 1 saturated heterocycles. The van der Waals surface area contributed by atoms with E-state index in [1.807, 2.05) is 36.4 Å². The largest absolute Gasteiger partial charge is 0.381 e. The van der Waals surface area contributed by atoms with Crippen LogP contribution >= 0.6 is 11.8 Å². The van der Waals surface area contributed by atoms with Crippen molar-refractivity contribution in [1.29, 1.82) is 0 Å². The molecule has 2 aromatic heterocycles. The van der Waals surface area contributed by atoms with Gasteiger partial charge in [0.05, 0.1) is 29.0 Å². The van der Waals surface area contributed by atoms with Gasteiger partial charge < -0.3 is 19.6 Å². The lowest BCUT2D eigenvalue weighted by molar-refractivity contribution is -0.125. The summed E-state index contributed by atoms with van der Waals surface area (Å²) in [4.78, 5) is 21.3. The van der Waals surface area contributed by atoms with Crippen LogP contribution in [0.2, 0.25) is 0 Å². The maximum atomic E-state index is 13.2. The van der Waals surface area contributed by atoms with Crippen LogP contribution < -0.4 is 5.32 Å². The molecule has 1 amide bonds. The molecule has 1 aromatic carbocycles. The number of H-pyrrole nitrogens is 1. The number of para-hydroxylation sites is 2. The second-order valence-corrected chi connectivity index (χ2v) is 8.63. The second-order valence-electron chi connectivity index (χ2n) is 7.64. The summed E-state index contributed by atoms with van der Waals surface area (Å²) in [5.74, 6) is 1.85. The molecule has 154 valence electrons. The van der Waals surface area contributed by atoms with Gasteiger partial charge in [0.2, 0.25) is 5.91 Å². The van der Waals surface area contributed by atoms with Gasteiger partial charge in [-0.15, -0.1) is 0 Å². The van der Waals surface area contributed by atoms with Crippen LogP contribution in [0.15, 0.2) is 48.8 Å². The van der Waals surface area contributed by atoms with Crippen molar-refractivity contribution in [2.24, 2.45) is 0 Å². The zero-order valence-corrected chi connectivity index (χ0v) is 17.6. The highest BCUT2D eigenvalue weighted by Crippen LogP contribution is 2.33. The summed E-state index contributed by atoms with van der Waals surface area (Å²) in [6, 6.07) is 11.9. The van der Waals surface area contributed by atoms with Crippen LogP contribution in [0.25, 0.3) is 11.0 Å². The van der Waals surface area contributed by atoms with E-state index >= 15 is 0 Å². The lowest BCUT2D eigenvalue weighted by Gasteiger charge is -2.38. The van der Waals surface area contributed by atoms with Gasteiger partial charge in [-0.25, -0.2) is 4.98 Å². The van der Waals surface area contributed by atoms with Crippen LogP contribution in [-0.2, 0) is 15.1 Å². The summed E-state index contributed by atoms with van der Waals surface area (Å²) >= 11 is 1.78. The average molecular weight is 413 g/mol. The number of aromatic nitrogens is 3. The highest BCUT2D eigenvalue weighted by Gasteiger charge is 2.36. The molecule has 1 aliphatic heterocycles. The molecule has 1 unspecified atom stereocenters. The molecule has 7 heteroatoms. The van der Waals surface area contributed by atoms with Gasteiger partial charge in [-0.2, -0.15) is 11.8 Å². The fraction of sp³-hybridized carbons (Fsp3) is 0.455. The van der Waals surface area contributed by atoms with Crippen LogP contribution in [0.1, 0.15) is 37.5 Å². The highest BCUT2D eigenvalue weighted by molar-refractivity contribution is 7.98. The molecule has 1 fully saturated rings. The Bertz CT molecular complexity index is 898. The lowest BCUT2D eigenvalue weighted by Crippen LogP contribution is -2.44. The Labute approximate surface area is 175 Å². The Kier molecular flexibility index (Phi) is 6.25. The minimum atomic E-state index is -0.218. The summed E-state index contributed by atoms with van der Waals surface area (Å²) in [6.07, 6.45) is 9.17. The fourth-order valence-electron chi connectivity index (χ4n) is 4.12. The van der Waals surface area contributed by atoms with Gasteiger partial charge in [0.1, 0.15) is 5.82 Å². The average Bonchev–Trinajstić information content (AvgIpc) is 3.42. The van der Waals surface area contributed by atoms with Crippen molar-refractivity contribution < 1.29 is 9.53 Å². The SMILES string of the molecule is CSCCC(NC(=O)CC1(n2cccc2)CCOCC1)c1nc2ccccc2[nH]1. The molecule has 0 saturated carbocycles. The summed E-state index contributed by atoms with van der Waals surface area (Å²) in [5.41, 5.74) is 1.71. The van der Waals surface area contributed by atoms with Crippen molar-refractivity contribution in [2.45, 2.75) is 37.3 Å². The molecule has 3 aromatic rings. The number of ether oxygens (including phenoxy) is 1. The topological polar surface area (TPSA) is 71.9 Å². The summed E-state index contributed by atoms with van der Waals surface area (Å²) in [7, 11) is 0. The predicted molar refractivity (Wildman–Crippen MR) is 117 cm³/mol. The summed E-state index contributed by atoms with van der Waals surface area (Å²) < 4.78 is 7.77. The molecule has 4 rings (SSSR count). The van der Waals surface area contributed by atoms with E-state index in [-0.39, 0.29) is 17.5 Å².